The first-order valence-electron chi connectivity index (χ1n) is 18.3. The molecule has 0 unspecified atom stereocenters. The molecule has 16 heteroatoms. The minimum atomic E-state index is -1.29. The van der Waals surface area contributed by atoms with E-state index < -0.39 is 71.3 Å². The molecule has 8 bridgehead atoms. The summed E-state index contributed by atoms with van der Waals surface area (Å²) in [6.45, 7) is 6.94. The van der Waals surface area contributed by atoms with Gasteiger partial charge in [-0.05, 0) is 86.1 Å². The zero-order valence-electron chi connectivity index (χ0n) is 31.6. The minimum Gasteiger partial charge on any atom is -0.481 e. The van der Waals surface area contributed by atoms with Crippen LogP contribution >= 0.6 is 0 Å². The Morgan fingerprint density at radius 1 is 0.536 bits per heavy atom. The number of aliphatic carboxylic acids is 6. The van der Waals surface area contributed by atoms with E-state index in [1.165, 1.54) is 0 Å². The predicted molar refractivity (Wildman–Crippen MR) is 201 cm³/mol. The Balaban J connectivity index is 2.00. The lowest BCUT2D eigenvalue weighted by Gasteiger charge is -2.31. The van der Waals surface area contributed by atoms with Gasteiger partial charge >= 0.3 is 35.8 Å². The number of aromatic nitrogens is 4. The molecule has 0 spiro atoms. The molecule has 3 aromatic rings. The Kier molecular flexibility index (Phi) is 11.7. The van der Waals surface area contributed by atoms with Crippen LogP contribution in [0, 0.1) is 13.8 Å². The van der Waals surface area contributed by atoms with E-state index in [1.807, 2.05) is 0 Å². The summed E-state index contributed by atoms with van der Waals surface area (Å²) in [5.74, 6) is -8.13. The molecule has 0 saturated heterocycles. The van der Waals surface area contributed by atoms with Crippen molar-refractivity contribution in [3.63, 3.8) is 0 Å². The number of aromatic amines is 2. The van der Waals surface area contributed by atoms with Crippen LogP contribution in [0.4, 0.5) is 0 Å². The van der Waals surface area contributed by atoms with E-state index in [-0.39, 0.29) is 57.1 Å². The standard InChI is InChI=1S/C40H46N4O12/c1-19-21(5-9-33(45)46)27-14-28-22(6-10-34(47)48)20(2)26(42-28)15-31-40(4,18-38(55)56)24(8-12-36(51)52)30(44-31)16-32-39(3,17-37(53)54)23(7-11-35(49)50)29(43-32)13-25(19)41-27/h13-16,23-24,41-42H,5-12,17-18H2,1-4H3,(H,45,46)(H,47,48)(H,49,50)(H,51,52)(H,53,54)(H,55,56)/t23-,24-,39-,40-/m0/s1. The number of carboxylic acid groups (broad SMARTS) is 6. The first kappa shape index (κ1) is 41.1. The van der Waals surface area contributed by atoms with Crippen molar-refractivity contribution >= 4 is 57.9 Å². The molecule has 5 heterocycles. The number of aryl methyl sites for hydroxylation is 4. The SMILES string of the molecule is Cc1c(CCC(=O)O)c2cc3[nH]c(cc4nc(cc5nc(cc1[nH]2)[C@H](CCC(=O)O)[C@]5(C)CC(=O)O)[C@H](CCC(=O)O)[C@]4(C)CC(=O)O)c(C)c3CCC(=O)O. The summed E-state index contributed by atoms with van der Waals surface area (Å²) in [4.78, 5) is 88.9. The van der Waals surface area contributed by atoms with Crippen LogP contribution in [0.2, 0.25) is 0 Å². The highest BCUT2D eigenvalue weighted by atomic mass is 16.4. The average molecular weight is 775 g/mol. The van der Waals surface area contributed by atoms with E-state index in [0.717, 1.165) is 0 Å². The van der Waals surface area contributed by atoms with Crippen LogP contribution < -0.4 is 0 Å². The molecular weight excluding hydrogens is 728 g/mol. The maximum absolute atomic E-state index is 12.5. The molecule has 4 atom stereocenters. The summed E-state index contributed by atoms with van der Waals surface area (Å²) in [6.07, 6.45) is -1.73. The third-order valence-corrected chi connectivity index (χ3v) is 11.5. The van der Waals surface area contributed by atoms with Crippen molar-refractivity contribution in [2.24, 2.45) is 0 Å². The largest absolute Gasteiger partial charge is 0.481 e. The van der Waals surface area contributed by atoms with Crippen LogP contribution in [-0.4, -0.2) is 86.4 Å². The van der Waals surface area contributed by atoms with Gasteiger partial charge in [0.1, 0.15) is 0 Å². The minimum absolute atomic E-state index is 0.00434. The number of H-pyrrole nitrogens is 2. The van der Waals surface area contributed by atoms with Gasteiger partial charge in [-0.3, -0.25) is 38.7 Å². The fourth-order valence-corrected chi connectivity index (χ4v) is 8.45. The van der Waals surface area contributed by atoms with Crippen LogP contribution in [0.3, 0.4) is 0 Å². The second-order valence-electron chi connectivity index (χ2n) is 15.3. The molecule has 0 aliphatic carbocycles. The molecule has 2 aliphatic rings. The number of carboxylic acids is 6. The molecule has 2 aliphatic heterocycles. The van der Waals surface area contributed by atoms with Gasteiger partial charge in [0.25, 0.3) is 0 Å². The third kappa shape index (κ3) is 8.43. The summed E-state index contributed by atoms with van der Waals surface area (Å²) in [6, 6.07) is 6.71. The van der Waals surface area contributed by atoms with Gasteiger partial charge in [-0.25, -0.2) is 0 Å². The van der Waals surface area contributed by atoms with Gasteiger partial charge in [0, 0.05) is 93.2 Å². The van der Waals surface area contributed by atoms with Crippen molar-refractivity contribution < 1.29 is 59.4 Å². The first-order chi connectivity index (χ1) is 26.2. The smallest absolute Gasteiger partial charge is 0.304 e. The van der Waals surface area contributed by atoms with Crippen molar-refractivity contribution in [3.8, 4) is 0 Å². The van der Waals surface area contributed by atoms with Crippen molar-refractivity contribution in [1.29, 1.82) is 0 Å². The van der Waals surface area contributed by atoms with Gasteiger partial charge in [-0.2, -0.15) is 0 Å². The summed E-state index contributed by atoms with van der Waals surface area (Å²) in [7, 11) is 0. The van der Waals surface area contributed by atoms with E-state index in [2.05, 4.69) is 9.97 Å². The Morgan fingerprint density at radius 2 is 0.911 bits per heavy atom. The quantitative estimate of drug-likeness (QED) is 0.0863. The first-order valence-corrected chi connectivity index (χ1v) is 18.3. The molecule has 56 heavy (non-hydrogen) atoms. The van der Waals surface area contributed by atoms with E-state index in [9.17, 15) is 59.4 Å². The summed E-state index contributed by atoms with van der Waals surface area (Å²) in [5, 5.41) is 59.1. The highest BCUT2D eigenvalue weighted by Gasteiger charge is 2.48. The molecule has 0 amide bonds. The highest BCUT2D eigenvalue weighted by Crippen LogP contribution is 2.51. The fraction of sp³-hybridized carbons (Fsp3) is 0.450. The third-order valence-electron chi connectivity index (χ3n) is 11.5. The Hall–Kier alpha value is -6.06. The number of hydrogen-bond acceptors (Lipinski definition) is 8. The molecule has 0 aromatic carbocycles. The van der Waals surface area contributed by atoms with Crippen LogP contribution in [0.25, 0.3) is 22.1 Å². The molecule has 0 radical (unpaired) electrons. The second-order valence-corrected chi connectivity index (χ2v) is 15.3. The lowest BCUT2D eigenvalue weighted by Crippen LogP contribution is -2.31. The normalized spacial score (nSPS) is 20.4. The number of nitrogens with one attached hydrogen (secondary N) is 2. The van der Waals surface area contributed by atoms with Crippen LogP contribution in [0.1, 0.15) is 122 Å². The van der Waals surface area contributed by atoms with Gasteiger partial charge in [-0.15, -0.1) is 0 Å². The average Bonchev–Trinajstić information content (AvgIpc) is 3.70. The maximum Gasteiger partial charge on any atom is 0.304 e. The monoisotopic (exact) mass is 774 g/mol. The second kappa shape index (κ2) is 16.0. The molecule has 5 rings (SSSR count). The van der Waals surface area contributed by atoms with Gasteiger partial charge in [-0.1, -0.05) is 13.8 Å². The van der Waals surface area contributed by atoms with Crippen molar-refractivity contribution in [2.45, 2.75) is 115 Å². The number of fused-ring (bicyclic) bond motifs is 8. The fourth-order valence-electron chi connectivity index (χ4n) is 8.45. The predicted octanol–water partition coefficient (Wildman–Crippen LogP) is 5.73. The zero-order chi connectivity index (χ0) is 41.3. The van der Waals surface area contributed by atoms with E-state index in [0.29, 0.717) is 61.4 Å². The molecule has 298 valence electrons. The van der Waals surface area contributed by atoms with Gasteiger partial charge in [0.05, 0.1) is 12.8 Å². The van der Waals surface area contributed by atoms with E-state index in [1.54, 1.807) is 52.0 Å². The molecular formula is C40H46N4O12. The van der Waals surface area contributed by atoms with Crippen molar-refractivity contribution in [2.75, 3.05) is 0 Å². The number of nitrogens with zero attached hydrogens (tertiary/aromatic N) is 2. The number of hydrogen-bond donors (Lipinski definition) is 8. The van der Waals surface area contributed by atoms with Crippen LogP contribution in [0.5, 0.6) is 0 Å². The van der Waals surface area contributed by atoms with Gasteiger partial charge < -0.3 is 40.6 Å². The molecule has 0 fully saturated rings. The lowest BCUT2D eigenvalue weighted by atomic mass is 9.69. The van der Waals surface area contributed by atoms with Gasteiger partial charge in [0.15, 0.2) is 0 Å². The lowest BCUT2D eigenvalue weighted by molar-refractivity contribution is -0.140. The van der Waals surface area contributed by atoms with Crippen molar-refractivity contribution in [1.82, 2.24) is 19.9 Å². The van der Waals surface area contributed by atoms with Crippen molar-refractivity contribution in [3.05, 3.63) is 69.3 Å². The van der Waals surface area contributed by atoms with Gasteiger partial charge in [0.2, 0.25) is 0 Å². The number of carbonyl (C=O) groups is 6. The molecule has 8 N–H and O–H groups in total. The topological polar surface area (TPSA) is 281 Å². The molecule has 0 saturated carbocycles. The van der Waals surface area contributed by atoms with Crippen LogP contribution in [0.15, 0.2) is 24.3 Å². The summed E-state index contributed by atoms with van der Waals surface area (Å²) < 4.78 is 0. The Morgan fingerprint density at radius 3 is 1.30 bits per heavy atom. The number of rotatable bonds is 16. The van der Waals surface area contributed by atoms with Crippen LogP contribution in [-0.2, 0) is 52.4 Å². The Bertz CT molecular complexity index is 2290. The molecule has 16 nitrogen and oxygen atoms in total. The maximum atomic E-state index is 12.5. The molecule has 3 aromatic heterocycles. The summed E-state index contributed by atoms with van der Waals surface area (Å²) >= 11 is 0. The summed E-state index contributed by atoms with van der Waals surface area (Å²) in [5.41, 5.74) is 3.35. The Labute approximate surface area is 320 Å². The van der Waals surface area contributed by atoms with E-state index in [4.69, 9.17) is 9.97 Å². The zero-order valence-corrected chi connectivity index (χ0v) is 31.6. The highest BCUT2D eigenvalue weighted by molar-refractivity contribution is 5.81. The van der Waals surface area contributed by atoms with E-state index >= 15 is 0 Å².